The Labute approximate surface area is 78.0 Å². The van der Waals surface area contributed by atoms with Crippen molar-refractivity contribution in [1.82, 2.24) is 4.98 Å². The van der Waals surface area contributed by atoms with Crippen molar-refractivity contribution in [3.8, 4) is 6.07 Å². The third-order valence-electron chi connectivity index (χ3n) is 1.68. The SMILES string of the molecule is N#CCc1c(F)cnc(N)c1C(F)F. The van der Waals surface area contributed by atoms with Crippen LogP contribution < -0.4 is 5.73 Å². The summed E-state index contributed by atoms with van der Waals surface area (Å²) >= 11 is 0. The number of nitrogens with two attached hydrogens (primary N) is 1. The molecule has 14 heavy (non-hydrogen) atoms. The molecule has 0 radical (unpaired) electrons. The van der Waals surface area contributed by atoms with Crippen molar-refractivity contribution in [3.63, 3.8) is 0 Å². The average Bonchev–Trinajstić information content (AvgIpc) is 2.11. The van der Waals surface area contributed by atoms with Crippen LogP contribution in [0.15, 0.2) is 6.20 Å². The van der Waals surface area contributed by atoms with Gasteiger partial charge >= 0.3 is 0 Å². The van der Waals surface area contributed by atoms with E-state index in [0.717, 1.165) is 6.20 Å². The summed E-state index contributed by atoms with van der Waals surface area (Å²) < 4.78 is 37.8. The summed E-state index contributed by atoms with van der Waals surface area (Å²) in [6, 6.07) is 1.59. The molecule has 0 aliphatic carbocycles. The number of aromatic nitrogens is 1. The van der Waals surface area contributed by atoms with Gasteiger partial charge in [-0.05, 0) is 0 Å². The molecule has 3 nitrogen and oxygen atoms in total. The Bertz CT molecular complexity index is 384. The zero-order chi connectivity index (χ0) is 10.7. The van der Waals surface area contributed by atoms with Gasteiger partial charge in [0.05, 0.1) is 24.3 Å². The van der Waals surface area contributed by atoms with E-state index < -0.39 is 30.0 Å². The maximum atomic E-state index is 13.0. The Hall–Kier alpha value is -1.77. The first-order valence-corrected chi connectivity index (χ1v) is 3.65. The van der Waals surface area contributed by atoms with E-state index >= 15 is 0 Å². The summed E-state index contributed by atoms with van der Waals surface area (Å²) in [6.07, 6.45) is -2.65. The third-order valence-corrected chi connectivity index (χ3v) is 1.68. The van der Waals surface area contributed by atoms with Crippen LogP contribution in [0.25, 0.3) is 0 Å². The van der Waals surface area contributed by atoms with E-state index in [9.17, 15) is 13.2 Å². The third kappa shape index (κ3) is 1.76. The average molecular weight is 201 g/mol. The number of nitrogen functional groups attached to an aromatic ring is 1. The van der Waals surface area contributed by atoms with Crippen molar-refractivity contribution < 1.29 is 13.2 Å². The van der Waals surface area contributed by atoms with Gasteiger partial charge in [-0.2, -0.15) is 5.26 Å². The molecule has 0 saturated carbocycles. The van der Waals surface area contributed by atoms with E-state index in [-0.39, 0.29) is 5.56 Å². The van der Waals surface area contributed by atoms with E-state index in [1.54, 1.807) is 6.07 Å². The molecule has 2 N–H and O–H groups in total. The number of hydrogen-bond donors (Lipinski definition) is 1. The monoisotopic (exact) mass is 201 g/mol. The zero-order valence-electron chi connectivity index (χ0n) is 6.97. The van der Waals surface area contributed by atoms with E-state index in [1.165, 1.54) is 0 Å². The molecule has 0 fully saturated rings. The van der Waals surface area contributed by atoms with Crippen LogP contribution in [0, 0.1) is 17.1 Å². The Morgan fingerprint density at radius 2 is 2.21 bits per heavy atom. The predicted molar refractivity (Wildman–Crippen MR) is 42.9 cm³/mol. The molecule has 0 aliphatic rings. The summed E-state index contributed by atoms with van der Waals surface area (Å²) in [5.74, 6) is -1.37. The fourth-order valence-electron chi connectivity index (χ4n) is 1.06. The first-order valence-electron chi connectivity index (χ1n) is 3.65. The maximum absolute atomic E-state index is 13.0. The second-order valence-corrected chi connectivity index (χ2v) is 2.52. The van der Waals surface area contributed by atoms with E-state index in [4.69, 9.17) is 11.0 Å². The van der Waals surface area contributed by atoms with Gasteiger partial charge in [0.15, 0.2) is 0 Å². The van der Waals surface area contributed by atoms with Crippen molar-refractivity contribution in [2.75, 3.05) is 5.73 Å². The van der Waals surface area contributed by atoms with Gasteiger partial charge in [0, 0.05) is 5.56 Å². The Balaban J connectivity index is 3.35. The van der Waals surface area contributed by atoms with Gasteiger partial charge in [0.1, 0.15) is 11.6 Å². The number of rotatable bonds is 2. The second kappa shape index (κ2) is 3.96. The molecule has 1 heterocycles. The first-order chi connectivity index (χ1) is 6.57. The Morgan fingerprint density at radius 3 is 2.71 bits per heavy atom. The molecular weight excluding hydrogens is 195 g/mol. The number of halogens is 3. The topological polar surface area (TPSA) is 62.7 Å². The zero-order valence-corrected chi connectivity index (χ0v) is 6.97. The molecule has 1 rings (SSSR count). The van der Waals surface area contributed by atoms with Crippen molar-refractivity contribution in [3.05, 3.63) is 23.1 Å². The van der Waals surface area contributed by atoms with Crippen molar-refractivity contribution in [2.24, 2.45) is 0 Å². The van der Waals surface area contributed by atoms with E-state index in [2.05, 4.69) is 4.98 Å². The molecule has 1 aromatic rings. The van der Waals surface area contributed by atoms with Gasteiger partial charge in [-0.25, -0.2) is 18.2 Å². The number of pyridine rings is 1. The van der Waals surface area contributed by atoms with Crippen molar-refractivity contribution in [1.29, 1.82) is 5.26 Å². The van der Waals surface area contributed by atoms with Gasteiger partial charge in [-0.15, -0.1) is 0 Å². The van der Waals surface area contributed by atoms with Crippen molar-refractivity contribution >= 4 is 5.82 Å². The van der Waals surface area contributed by atoms with E-state index in [1.807, 2.05) is 0 Å². The summed E-state index contributed by atoms with van der Waals surface area (Å²) in [5.41, 5.74) is 4.09. The Kier molecular flexibility index (Phi) is 2.92. The largest absolute Gasteiger partial charge is 0.383 e. The van der Waals surface area contributed by atoms with E-state index in [0.29, 0.717) is 0 Å². The molecule has 0 spiro atoms. The van der Waals surface area contributed by atoms with Crippen LogP contribution in [0.3, 0.4) is 0 Å². The lowest BCUT2D eigenvalue weighted by Gasteiger charge is -2.08. The molecule has 0 unspecified atom stereocenters. The fraction of sp³-hybridized carbons (Fsp3) is 0.250. The van der Waals surface area contributed by atoms with Crippen LogP contribution in [-0.4, -0.2) is 4.98 Å². The summed E-state index contributed by atoms with van der Waals surface area (Å²) in [5, 5.41) is 8.32. The molecule has 0 bridgehead atoms. The summed E-state index contributed by atoms with van der Waals surface area (Å²) in [7, 11) is 0. The molecule has 0 aromatic carbocycles. The summed E-state index contributed by atoms with van der Waals surface area (Å²) in [4.78, 5) is 3.26. The van der Waals surface area contributed by atoms with Gasteiger partial charge in [-0.3, -0.25) is 0 Å². The summed E-state index contributed by atoms with van der Waals surface area (Å²) in [6.45, 7) is 0. The minimum absolute atomic E-state index is 0.380. The number of hydrogen-bond acceptors (Lipinski definition) is 3. The standard InChI is InChI=1S/C8H6F3N3/c9-5-3-14-8(13)6(7(10)11)4(5)1-2-12/h3,7H,1H2,(H2,13,14). The lowest BCUT2D eigenvalue weighted by Crippen LogP contribution is -2.05. The molecule has 0 saturated heterocycles. The molecule has 6 heteroatoms. The van der Waals surface area contributed by atoms with Gasteiger partial charge in [0.25, 0.3) is 6.43 Å². The molecule has 0 amide bonds. The normalized spacial score (nSPS) is 10.2. The number of nitriles is 1. The lowest BCUT2D eigenvalue weighted by molar-refractivity contribution is 0.150. The highest BCUT2D eigenvalue weighted by molar-refractivity contribution is 5.46. The smallest absolute Gasteiger partial charge is 0.267 e. The molecule has 74 valence electrons. The highest BCUT2D eigenvalue weighted by Crippen LogP contribution is 2.28. The van der Waals surface area contributed by atoms with Crippen LogP contribution in [0.5, 0.6) is 0 Å². The first kappa shape index (κ1) is 10.3. The minimum Gasteiger partial charge on any atom is -0.383 e. The predicted octanol–water partition coefficient (Wildman–Crippen LogP) is 1.81. The fourth-order valence-corrected chi connectivity index (χ4v) is 1.06. The van der Waals surface area contributed by atoms with Crippen LogP contribution in [0.2, 0.25) is 0 Å². The number of alkyl halides is 2. The van der Waals surface area contributed by atoms with Crippen LogP contribution >= 0.6 is 0 Å². The van der Waals surface area contributed by atoms with Gasteiger partial charge in [-0.1, -0.05) is 0 Å². The lowest BCUT2D eigenvalue weighted by atomic mass is 10.1. The quantitative estimate of drug-likeness (QED) is 0.793. The molecule has 0 aliphatic heterocycles. The highest BCUT2D eigenvalue weighted by Gasteiger charge is 2.20. The Morgan fingerprint density at radius 1 is 1.57 bits per heavy atom. The highest BCUT2D eigenvalue weighted by atomic mass is 19.3. The number of anilines is 1. The minimum atomic E-state index is -2.93. The van der Waals surface area contributed by atoms with Gasteiger partial charge < -0.3 is 5.73 Å². The maximum Gasteiger partial charge on any atom is 0.267 e. The molecular formula is C8H6F3N3. The number of nitrogens with zero attached hydrogens (tertiary/aromatic N) is 2. The second-order valence-electron chi connectivity index (χ2n) is 2.52. The van der Waals surface area contributed by atoms with Crippen LogP contribution in [0.1, 0.15) is 17.6 Å². The van der Waals surface area contributed by atoms with Crippen LogP contribution in [0.4, 0.5) is 19.0 Å². The molecule has 1 aromatic heterocycles. The molecule has 0 atom stereocenters. The van der Waals surface area contributed by atoms with Crippen LogP contribution in [-0.2, 0) is 6.42 Å². The van der Waals surface area contributed by atoms with Gasteiger partial charge in [0.2, 0.25) is 0 Å². The van der Waals surface area contributed by atoms with Crippen molar-refractivity contribution in [2.45, 2.75) is 12.8 Å².